The molecule has 2 aromatic heterocycles. The zero-order chi connectivity index (χ0) is 30.0. The summed E-state index contributed by atoms with van der Waals surface area (Å²) < 4.78 is 26.1. The summed E-state index contributed by atoms with van der Waals surface area (Å²) in [6, 6.07) is 16.2. The van der Waals surface area contributed by atoms with Crippen LogP contribution in [0.5, 0.6) is 11.5 Å². The van der Waals surface area contributed by atoms with Crippen molar-refractivity contribution < 1.29 is 23.4 Å². The van der Waals surface area contributed by atoms with Gasteiger partial charge in [0.25, 0.3) is 5.56 Å². The third-order valence-corrected chi connectivity index (χ3v) is 8.77. The molecule has 0 amide bonds. The van der Waals surface area contributed by atoms with Crippen molar-refractivity contribution in [3.8, 4) is 23.1 Å². The van der Waals surface area contributed by atoms with Gasteiger partial charge in [-0.2, -0.15) is 9.78 Å². The van der Waals surface area contributed by atoms with E-state index in [1.807, 2.05) is 37.3 Å². The second kappa shape index (κ2) is 12.8. The molecule has 0 N–H and O–H groups in total. The van der Waals surface area contributed by atoms with Crippen LogP contribution in [0.2, 0.25) is 0 Å². The van der Waals surface area contributed by atoms with E-state index in [1.165, 1.54) is 10.9 Å². The molecule has 9 nitrogen and oxygen atoms in total. The van der Waals surface area contributed by atoms with E-state index in [0.717, 1.165) is 9.86 Å². The first-order valence-corrected chi connectivity index (χ1v) is 15.3. The summed E-state index contributed by atoms with van der Waals surface area (Å²) in [5.41, 5.74) is 1.37. The fourth-order valence-electron chi connectivity index (χ4n) is 4.19. The third-order valence-electron chi connectivity index (χ3n) is 6.13. The lowest BCUT2D eigenvalue weighted by Crippen LogP contribution is -2.26. The molecule has 0 unspecified atom stereocenters. The molecule has 0 fully saturated rings. The van der Waals surface area contributed by atoms with Crippen LogP contribution in [0.4, 0.5) is 0 Å². The molecule has 216 valence electrons. The van der Waals surface area contributed by atoms with Crippen LogP contribution < -0.4 is 15.0 Å². The molecule has 0 aliphatic rings. The van der Waals surface area contributed by atoms with E-state index in [-0.39, 0.29) is 18.0 Å². The highest BCUT2D eigenvalue weighted by atomic mass is 79.9. The highest BCUT2D eigenvalue weighted by Crippen LogP contribution is 2.43. The zero-order valence-electron chi connectivity index (χ0n) is 22.7. The number of benzene rings is 3. The minimum atomic E-state index is -0.874. The van der Waals surface area contributed by atoms with Gasteiger partial charge >= 0.3 is 5.97 Å². The van der Waals surface area contributed by atoms with Gasteiger partial charge in [-0.25, -0.2) is 9.78 Å². The maximum absolute atomic E-state index is 13.7. The van der Waals surface area contributed by atoms with Crippen LogP contribution in [-0.4, -0.2) is 41.2 Å². The SMILES string of the molecule is CCOC(=O)[C@H](C)Oc1c(OCC)cc(C=Nn2c(-c3cc4cc(Br)ccc4o3)nc3ccccc3c2=O)c(Br)c1Br. The first-order chi connectivity index (χ1) is 20.2. The first-order valence-electron chi connectivity index (χ1n) is 13.0. The van der Waals surface area contributed by atoms with Crippen molar-refractivity contribution >= 4 is 81.8 Å². The molecule has 0 bridgehead atoms. The van der Waals surface area contributed by atoms with Gasteiger partial charge in [-0.3, -0.25) is 4.79 Å². The van der Waals surface area contributed by atoms with E-state index in [4.69, 9.17) is 23.6 Å². The second-order valence-corrected chi connectivity index (χ2v) is 11.5. The fraction of sp³-hybridized carbons (Fsp3) is 0.200. The number of carbonyl (C=O) groups excluding carboxylic acids is 1. The molecule has 3 aromatic carbocycles. The lowest BCUT2D eigenvalue weighted by Gasteiger charge is -2.19. The average molecular weight is 762 g/mol. The normalized spacial score (nSPS) is 12.2. The van der Waals surface area contributed by atoms with Crippen molar-refractivity contribution in [1.29, 1.82) is 0 Å². The van der Waals surface area contributed by atoms with Crippen LogP contribution in [0.15, 0.2) is 82.3 Å². The summed E-state index contributed by atoms with van der Waals surface area (Å²) in [6.07, 6.45) is 0.636. The molecule has 5 aromatic rings. The molecule has 0 aliphatic heterocycles. The Bertz CT molecular complexity index is 1900. The number of nitrogens with zero attached hydrogens (tertiary/aromatic N) is 3. The Morgan fingerprint density at radius 2 is 1.86 bits per heavy atom. The standard InChI is InChI=1S/C30H24Br3N3O6/c1-4-39-23-14-18(25(32)26(33)27(23)41-16(3)30(38)40-5-2)15-34-36-28(35-21-9-7-6-8-20(21)29(36)37)24-13-17-12-19(31)10-11-22(17)42-24/h6-16H,4-5H2,1-3H3/t16-/m0/s1. The molecule has 1 atom stereocenters. The van der Waals surface area contributed by atoms with Crippen LogP contribution >= 0.6 is 47.8 Å². The maximum atomic E-state index is 13.7. The molecule has 2 heterocycles. The van der Waals surface area contributed by atoms with E-state index in [1.54, 1.807) is 38.1 Å². The van der Waals surface area contributed by atoms with Gasteiger partial charge in [0.1, 0.15) is 5.58 Å². The summed E-state index contributed by atoms with van der Waals surface area (Å²) >= 11 is 10.6. The molecule has 0 spiro atoms. The number of esters is 1. The van der Waals surface area contributed by atoms with Gasteiger partial charge in [0, 0.05) is 19.9 Å². The second-order valence-electron chi connectivity index (χ2n) is 8.97. The van der Waals surface area contributed by atoms with Crippen molar-refractivity contribution in [1.82, 2.24) is 9.66 Å². The molecule has 12 heteroatoms. The quantitative estimate of drug-likeness (QED) is 0.112. The Morgan fingerprint density at radius 3 is 2.62 bits per heavy atom. The lowest BCUT2D eigenvalue weighted by atomic mass is 10.2. The van der Waals surface area contributed by atoms with Crippen LogP contribution in [0.3, 0.4) is 0 Å². The van der Waals surface area contributed by atoms with Crippen LogP contribution in [0, 0.1) is 0 Å². The van der Waals surface area contributed by atoms with E-state index in [9.17, 15) is 9.59 Å². The van der Waals surface area contributed by atoms with Crippen molar-refractivity contribution in [2.45, 2.75) is 26.9 Å². The largest absolute Gasteiger partial charge is 0.490 e. The predicted octanol–water partition coefficient (Wildman–Crippen LogP) is 7.71. The summed E-state index contributed by atoms with van der Waals surface area (Å²) in [7, 11) is 0. The molecule has 0 saturated heterocycles. The number of halogens is 3. The van der Waals surface area contributed by atoms with E-state index in [2.05, 4.69) is 52.9 Å². The molecule has 5 rings (SSSR count). The van der Waals surface area contributed by atoms with Crippen LogP contribution in [0.1, 0.15) is 26.3 Å². The molecule has 0 radical (unpaired) electrons. The van der Waals surface area contributed by atoms with Gasteiger partial charge in [0.05, 0.1) is 34.8 Å². The van der Waals surface area contributed by atoms with Crippen molar-refractivity contribution in [2.75, 3.05) is 13.2 Å². The van der Waals surface area contributed by atoms with Gasteiger partial charge in [-0.05, 0) is 95.1 Å². The lowest BCUT2D eigenvalue weighted by molar-refractivity contribution is -0.150. The van der Waals surface area contributed by atoms with E-state index < -0.39 is 12.1 Å². The average Bonchev–Trinajstić information content (AvgIpc) is 3.40. The third kappa shape index (κ3) is 6.02. The molecular weight excluding hydrogens is 738 g/mol. The summed E-state index contributed by atoms with van der Waals surface area (Å²) in [4.78, 5) is 30.6. The Hall–Kier alpha value is -3.48. The Kier molecular flexibility index (Phi) is 9.14. The summed E-state index contributed by atoms with van der Waals surface area (Å²) in [5, 5.41) is 5.81. The fourth-order valence-corrected chi connectivity index (χ4v) is 5.48. The molecular formula is C30H24Br3N3O6. The number of furan rings is 1. The predicted molar refractivity (Wildman–Crippen MR) is 172 cm³/mol. The summed E-state index contributed by atoms with van der Waals surface area (Å²) in [5.74, 6) is 0.820. The maximum Gasteiger partial charge on any atom is 0.347 e. The number of hydrogen-bond donors (Lipinski definition) is 0. The number of fused-ring (bicyclic) bond motifs is 2. The highest BCUT2D eigenvalue weighted by molar-refractivity contribution is 9.13. The monoisotopic (exact) mass is 759 g/mol. The van der Waals surface area contributed by atoms with E-state index >= 15 is 0 Å². The number of aromatic nitrogens is 2. The van der Waals surface area contributed by atoms with Crippen LogP contribution in [0.25, 0.3) is 33.5 Å². The Morgan fingerprint density at radius 1 is 1.07 bits per heavy atom. The van der Waals surface area contributed by atoms with Gasteiger partial charge in [0.15, 0.2) is 23.4 Å². The minimum absolute atomic E-state index is 0.238. The van der Waals surface area contributed by atoms with Crippen molar-refractivity contribution in [2.24, 2.45) is 5.10 Å². The molecule has 0 saturated carbocycles. The molecule has 0 aliphatic carbocycles. The minimum Gasteiger partial charge on any atom is -0.490 e. The number of rotatable bonds is 9. The highest BCUT2D eigenvalue weighted by Gasteiger charge is 2.23. The number of ether oxygens (including phenoxy) is 3. The summed E-state index contributed by atoms with van der Waals surface area (Å²) in [6.45, 7) is 5.74. The molecule has 42 heavy (non-hydrogen) atoms. The first kappa shape index (κ1) is 30.0. The van der Waals surface area contributed by atoms with E-state index in [0.29, 0.717) is 54.9 Å². The van der Waals surface area contributed by atoms with Gasteiger partial charge in [-0.1, -0.05) is 28.1 Å². The van der Waals surface area contributed by atoms with Gasteiger partial charge < -0.3 is 18.6 Å². The van der Waals surface area contributed by atoms with Crippen molar-refractivity contribution in [3.05, 3.63) is 83.9 Å². The van der Waals surface area contributed by atoms with Gasteiger partial charge in [-0.15, -0.1) is 0 Å². The Balaban J connectivity index is 1.63. The smallest absolute Gasteiger partial charge is 0.347 e. The van der Waals surface area contributed by atoms with Gasteiger partial charge in [0.2, 0.25) is 5.82 Å². The zero-order valence-corrected chi connectivity index (χ0v) is 27.4. The van der Waals surface area contributed by atoms with Crippen molar-refractivity contribution in [3.63, 3.8) is 0 Å². The number of para-hydroxylation sites is 1. The Labute approximate surface area is 265 Å². The number of hydrogen-bond acceptors (Lipinski definition) is 8. The van der Waals surface area contributed by atoms with Crippen LogP contribution in [-0.2, 0) is 9.53 Å². The topological polar surface area (TPSA) is 105 Å². The number of carbonyl (C=O) groups is 1.